The standard InChI is InChI=1S/C12H14O4/c1-8-6-12(16-3)9(7-11(8)15-2)10(14)4-5-13/h5-7H,4H2,1-3H3. The van der Waals surface area contributed by atoms with Crippen molar-refractivity contribution in [3.05, 3.63) is 23.3 Å². The quantitative estimate of drug-likeness (QED) is 0.433. The zero-order valence-corrected chi connectivity index (χ0v) is 9.57. The van der Waals surface area contributed by atoms with E-state index in [1.54, 1.807) is 12.1 Å². The smallest absolute Gasteiger partial charge is 0.173 e. The average molecular weight is 222 g/mol. The third-order valence-corrected chi connectivity index (χ3v) is 2.29. The second kappa shape index (κ2) is 5.30. The number of Topliss-reactive ketones (excluding diaryl/α,β-unsaturated/α-hetero) is 1. The van der Waals surface area contributed by atoms with Gasteiger partial charge in [0.2, 0.25) is 0 Å². The molecule has 0 aliphatic heterocycles. The maximum atomic E-state index is 11.6. The number of carbonyl (C=O) groups excluding carboxylic acids is 2. The second-order valence-electron chi connectivity index (χ2n) is 3.32. The molecule has 86 valence electrons. The highest BCUT2D eigenvalue weighted by molar-refractivity contribution is 6.05. The third-order valence-electron chi connectivity index (χ3n) is 2.29. The zero-order chi connectivity index (χ0) is 12.1. The van der Waals surface area contributed by atoms with E-state index in [9.17, 15) is 9.59 Å². The number of carbonyl (C=O) groups is 2. The van der Waals surface area contributed by atoms with Gasteiger partial charge in [-0.2, -0.15) is 0 Å². The highest BCUT2D eigenvalue weighted by Crippen LogP contribution is 2.28. The van der Waals surface area contributed by atoms with Crippen LogP contribution in [0.15, 0.2) is 12.1 Å². The van der Waals surface area contributed by atoms with Gasteiger partial charge in [-0.15, -0.1) is 0 Å². The Morgan fingerprint density at radius 3 is 2.38 bits per heavy atom. The summed E-state index contributed by atoms with van der Waals surface area (Å²) in [4.78, 5) is 22.0. The van der Waals surface area contributed by atoms with Crippen LogP contribution in [-0.2, 0) is 4.79 Å². The van der Waals surface area contributed by atoms with Crippen molar-refractivity contribution in [1.82, 2.24) is 0 Å². The summed E-state index contributed by atoms with van der Waals surface area (Å²) in [6.07, 6.45) is 0.427. The van der Waals surface area contributed by atoms with Crippen LogP contribution >= 0.6 is 0 Å². The van der Waals surface area contributed by atoms with E-state index in [1.807, 2.05) is 6.92 Å². The van der Waals surface area contributed by atoms with Gasteiger partial charge in [-0.1, -0.05) is 0 Å². The number of hydrogen-bond donors (Lipinski definition) is 0. The maximum Gasteiger partial charge on any atom is 0.173 e. The average Bonchev–Trinajstić information content (AvgIpc) is 2.28. The molecule has 1 rings (SSSR count). The Balaban J connectivity index is 3.24. The van der Waals surface area contributed by atoms with E-state index < -0.39 is 0 Å². The Morgan fingerprint density at radius 1 is 1.25 bits per heavy atom. The van der Waals surface area contributed by atoms with Gasteiger partial charge in [0.15, 0.2) is 5.78 Å². The molecule has 0 saturated heterocycles. The maximum absolute atomic E-state index is 11.6. The van der Waals surface area contributed by atoms with Crippen molar-refractivity contribution in [2.75, 3.05) is 14.2 Å². The van der Waals surface area contributed by atoms with Crippen molar-refractivity contribution in [3.8, 4) is 11.5 Å². The largest absolute Gasteiger partial charge is 0.496 e. The molecule has 0 bridgehead atoms. The molecular formula is C12H14O4. The minimum Gasteiger partial charge on any atom is -0.496 e. The van der Waals surface area contributed by atoms with Crippen molar-refractivity contribution in [1.29, 1.82) is 0 Å². The predicted octanol–water partition coefficient (Wildman–Crippen LogP) is 1.78. The van der Waals surface area contributed by atoms with Gasteiger partial charge in [0, 0.05) is 0 Å². The van der Waals surface area contributed by atoms with Crippen LogP contribution in [0.5, 0.6) is 11.5 Å². The molecule has 0 radical (unpaired) electrons. The van der Waals surface area contributed by atoms with Crippen LogP contribution in [-0.4, -0.2) is 26.3 Å². The fourth-order valence-electron chi connectivity index (χ4n) is 1.45. The normalized spacial score (nSPS) is 9.69. The van der Waals surface area contributed by atoms with E-state index in [0.717, 1.165) is 5.56 Å². The number of benzene rings is 1. The summed E-state index contributed by atoms with van der Waals surface area (Å²) >= 11 is 0. The molecular weight excluding hydrogens is 208 g/mol. The second-order valence-corrected chi connectivity index (χ2v) is 3.32. The molecule has 1 aromatic rings. The van der Waals surface area contributed by atoms with Crippen molar-refractivity contribution in [3.63, 3.8) is 0 Å². The van der Waals surface area contributed by atoms with E-state index in [1.165, 1.54) is 14.2 Å². The van der Waals surface area contributed by atoms with Crippen molar-refractivity contribution in [2.45, 2.75) is 13.3 Å². The van der Waals surface area contributed by atoms with Crippen LogP contribution in [0.25, 0.3) is 0 Å². The first kappa shape index (κ1) is 12.2. The molecule has 4 heteroatoms. The Hall–Kier alpha value is -1.84. The van der Waals surface area contributed by atoms with Gasteiger partial charge in [0.05, 0.1) is 26.2 Å². The number of hydrogen-bond acceptors (Lipinski definition) is 4. The molecule has 16 heavy (non-hydrogen) atoms. The van der Waals surface area contributed by atoms with Crippen LogP contribution in [0.4, 0.5) is 0 Å². The molecule has 0 aliphatic carbocycles. The van der Waals surface area contributed by atoms with Gasteiger partial charge in [0.1, 0.15) is 17.8 Å². The molecule has 0 spiro atoms. The van der Waals surface area contributed by atoms with Gasteiger partial charge >= 0.3 is 0 Å². The molecule has 0 fully saturated rings. The van der Waals surface area contributed by atoms with Crippen molar-refractivity contribution >= 4 is 12.1 Å². The van der Waals surface area contributed by atoms with Crippen LogP contribution in [0, 0.1) is 6.92 Å². The summed E-state index contributed by atoms with van der Waals surface area (Å²) in [5, 5.41) is 0. The van der Waals surface area contributed by atoms with E-state index >= 15 is 0 Å². The number of aldehydes is 1. The Bertz CT molecular complexity index is 410. The summed E-state index contributed by atoms with van der Waals surface area (Å²) in [6.45, 7) is 1.86. The van der Waals surface area contributed by atoms with Gasteiger partial charge in [-0.25, -0.2) is 0 Å². The molecule has 0 aromatic heterocycles. The highest BCUT2D eigenvalue weighted by atomic mass is 16.5. The molecule has 0 N–H and O–H groups in total. The van der Waals surface area contributed by atoms with E-state index in [-0.39, 0.29) is 12.2 Å². The fourth-order valence-corrected chi connectivity index (χ4v) is 1.45. The number of ether oxygens (including phenoxy) is 2. The minimum absolute atomic E-state index is 0.150. The molecule has 0 heterocycles. The fraction of sp³-hybridized carbons (Fsp3) is 0.333. The van der Waals surface area contributed by atoms with Crippen molar-refractivity contribution < 1.29 is 19.1 Å². The lowest BCUT2D eigenvalue weighted by Crippen LogP contribution is -2.04. The van der Waals surface area contributed by atoms with E-state index in [0.29, 0.717) is 23.3 Å². The molecule has 1 aromatic carbocycles. The Kier molecular flexibility index (Phi) is 4.05. The van der Waals surface area contributed by atoms with Gasteiger partial charge in [-0.05, 0) is 24.6 Å². The molecule has 0 atom stereocenters. The summed E-state index contributed by atoms with van der Waals surface area (Å²) in [6, 6.07) is 3.32. The molecule has 0 unspecified atom stereocenters. The van der Waals surface area contributed by atoms with E-state index in [4.69, 9.17) is 9.47 Å². The number of aryl methyl sites for hydroxylation is 1. The van der Waals surface area contributed by atoms with Crippen LogP contribution in [0.3, 0.4) is 0 Å². The first-order valence-corrected chi connectivity index (χ1v) is 4.83. The predicted molar refractivity (Wildman–Crippen MR) is 59.3 cm³/mol. The first-order valence-electron chi connectivity index (χ1n) is 4.83. The molecule has 0 amide bonds. The lowest BCUT2D eigenvalue weighted by molar-refractivity contribution is -0.107. The van der Waals surface area contributed by atoms with Crippen LogP contribution < -0.4 is 9.47 Å². The molecule has 0 aliphatic rings. The molecule has 0 saturated carbocycles. The minimum atomic E-state index is -0.273. The van der Waals surface area contributed by atoms with Gasteiger partial charge in [-0.3, -0.25) is 4.79 Å². The van der Waals surface area contributed by atoms with Gasteiger partial charge < -0.3 is 14.3 Å². The topological polar surface area (TPSA) is 52.6 Å². The third kappa shape index (κ3) is 2.39. The van der Waals surface area contributed by atoms with Crippen molar-refractivity contribution in [2.24, 2.45) is 0 Å². The number of methoxy groups -OCH3 is 2. The number of ketones is 1. The summed E-state index contributed by atoms with van der Waals surface area (Å²) in [5.41, 5.74) is 1.25. The lowest BCUT2D eigenvalue weighted by atomic mass is 10.0. The SMILES string of the molecule is COc1cc(C(=O)CC=O)c(OC)cc1C. The van der Waals surface area contributed by atoms with Crippen LogP contribution in [0.2, 0.25) is 0 Å². The summed E-state index contributed by atoms with van der Waals surface area (Å²) in [5.74, 6) is 0.797. The lowest BCUT2D eigenvalue weighted by Gasteiger charge is -2.11. The zero-order valence-electron chi connectivity index (χ0n) is 9.57. The summed E-state index contributed by atoms with van der Waals surface area (Å²) in [7, 11) is 3.02. The molecule has 4 nitrogen and oxygen atoms in total. The monoisotopic (exact) mass is 222 g/mol. The first-order chi connectivity index (χ1) is 7.63. The van der Waals surface area contributed by atoms with Crippen LogP contribution in [0.1, 0.15) is 22.3 Å². The Morgan fingerprint density at radius 2 is 1.88 bits per heavy atom. The summed E-state index contributed by atoms with van der Waals surface area (Å²) < 4.78 is 10.2. The number of rotatable bonds is 5. The highest BCUT2D eigenvalue weighted by Gasteiger charge is 2.14. The van der Waals surface area contributed by atoms with Gasteiger partial charge in [0.25, 0.3) is 0 Å². The van der Waals surface area contributed by atoms with E-state index in [2.05, 4.69) is 0 Å². The Labute approximate surface area is 94.2 Å².